The first-order valence-corrected chi connectivity index (χ1v) is 12.2. The minimum Gasteiger partial charge on any atom is -0.497 e. The Hall–Kier alpha value is -3.04. The average Bonchev–Trinajstić information content (AvgIpc) is 3.04. The molecule has 0 radical (unpaired) electrons. The largest absolute Gasteiger partial charge is 0.497 e. The number of fused-ring (bicyclic) bond motifs is 1. The second-order valence-electron chi connectivity index (χ2n) is 7.73. The molecular weight excluding hydrogens is 428 g/mol. The SMILES string of the molecule is CCn1ccc2cc(S(=O)(=O)N3CCCN(C(=O)Nc4cccc(OC)c4)CC3)ccc21. The lowest BCUT2D eigenvalue weighted by molar-refractivity contribution is 0.214. The smallest absolute Gasteiger partial charge is 0.321 e. The maximum atomic E-state index is 13.3. The molecule has 9 heteroatoms. The Morgan fingerprint density at radius 2 is 1.91 bits per heavy atom. The van der Waals surface area contributed by atoms with Gasteiger partial charge in [0, 0.05) is 61.6 Å². The van der Waals surface area contributed by atoms with Gasteiger partial charge in [-0.25, -0.2) is 13.2 Å². The molecule has 1 aliphatic heterocycles. The normalized spacial score (nSPS) is 15.5. The average molecular weight is 457 g/mol. The zero-order valence-electron chi connectivity index (χ0n) is 18.3. The summed E-state index contributed by atoms with van der Waals surface area (Å²) in [6.07, 6.45) is 2.53. The maximum Gasteiger partial charge on any atom is 0.321 e. The zero-order valence-corrected chi connectivity index (χ0v) is 19.1. The second kappa shape index (κ2) is 9.22. The maximum absolute atomic E-state index is 13.3. The van der Waals surface area contributed by atoms with Gasteiger partial charge in [0.2, 0.25) is 10.0 Å². The predicted octanol–water partition coefficient (Wildman–Crippen LogP) is 3.60. The zero-order chi connectivity index (χ0) is 22.7. The van der Waals surface area contributed by atoms with E-state index in [4.69, 9.17) is 4.74 Å². The van der Waals surface area contributed by atoms with E-state index in [9.17, 15) is 13.2 Å². The molecule has 1 N–H and O–H groups in total. The number of amides is 2. The van der Waals surface area contributed by atoms with Gasteiger partial charge in [-0.15, -0.1) is 0 Å². The third-order valence-electron chi connectivity index (χ3n) is 5.78. The van der Waals surface area contributed by atoms with E-state index in [1.807, 2.05) is 18.3 Å². The van der Waals surface area contributed by atoms with Crippen LogP contribution in [0.4, 0.5) is 10.5 Å². The third-order valence-corrected chi connectivity index (χ3v) is 7.68. The topological polar surface area (TPSA) is 83.9 Å². The van der Waals surface area contributed by atoms with E-state index in [2.05, 4.69) is 16.8 Å². The van der Waals surface area contributed by atoms with Crippen LogP contribution < -0.4 is 10.1 Å². The molecule has 0 aliphatic carbocycles. The lowest BCUT2D eigenvalue weighted by Crippen LogP contribution is -2.39. The number of aromatic nitrogens is 1. The number of aryl methyl sites for hydroxylation is 1. The van der Waals surface area contributed by atoms with E-state index in [1.165, 1.54) is 4.31 Å². The van der Waals surface area contributed by atoms with Crippen LogP contribution in [0.15, 0.2) is 59.6 Å². The van der Waals surface area contributed by atoms with Crippen LogP contribution in [0, 0.1) is 0 Å². The molecule has 32 heavy (non-hydrogen) atoms. The molecule has 1 aromatic heterocycles. The van der Waals surface area contributed by atoms with E-state index in [-0.39, 0.29) is 17.5 Å². The van der Waals surface area contributed by atoms with Crippen molar-refractivity contribution in [3.8, 4) is 5.75 Å². The Morgan fingerprint density at radius 3 is 2.69 bits per heavy atom. The van der Waals surface area contributed by atoms with Gasteiger partial charge in [0.15, 0.2) is 0 Å². The number of carbonyl (C=O) groups excluding carboxylic acids is 1. The number of hydrogen-bond acceptors (Lipinski definition) is 4. The van der Waals surface area contributed by atoms with Gasteiger partial charge in [0.05, 0.1) is 12.0 Å². The fourth-order valence-electron chi connectivity index (χ4n) is 4.00. The summed E-state index contributed by atoms with van der Waals surface area (Å²) in [5.74, 6) is 0.655. The van der Waals surface area contributed by atoms with Crippen molar-refractivity contribution in [3.05, 3.63) is 54.7 Å². The fraction of sp³-hybridized carbons (Fsp3) is 0.348. The van der Waals surface area contributed by atoms with Crippen LogP contribution in [0.2, 0.25) is 0 Å². The summed E-state index contributed by atoms with van der Waals surface area (Å²) in [4.78, 5) is 14.7. The van der Waals surface area contributed by atoms with E-state index in [0.29, 0.717) is 37.5 Å². The van der Waals surface area contributed by atoms with Crippen LogP contribution in [0.3, 0.4) is 0 Å². The van der Waals surface area contributed by atoms with Crippen molar-refractivity contribution in [2.24, 2.45) is 0 Å². The number of ether oxygens (including phenoxy) is 1. The van der Waals surface area contributed by atoms with Gasteiger partial charge in [-0.2, -0.15) is 4.31 Å². The number of nitrogens with one attached hydrogen (secondary N) is 1. The second-order valence-corrected chi connectivity index (χ2v) is 9.67. The van der Waals surface area contributed by atoms with Crippen molar-refractivity contribution in [1.82, 2.24) is 13.8 Å². The van der Waals surface area contributed by atoms with Gasteiger partial charge in [-0.1, -0.05) is 6.07 Å². The minimum atomic E-state index is -3.64. The standard InChI is InChI=1S/C23H28N4O4S/c1-3-25-13-10-18-16-21(8-9-22(18)25)32(29,30)27-12-5-11-26(14-15-27)23(28)24-19-6-4-7-20(17-19)31-2/h4,6-10,13,16-17H,3,5,11-12,14-15H2,1-2H3,(H,24,28). The van der Waals surface area contributed by atoms with Crippen molar-refractivity contribution in [3.63, 3.8) is 0 Å². The van der Waals surface area contributed by atoms with Gasteiger partial charge in [0.25, 0.3) is 0 Å². The van der Waals surface area contributed by atoms with Gasteiger partial charge >= 0.3 is 6.03 Å². The number of carbonyl (C=O) groups is 1. The van der Waals surface area contributed by atoms with E-state index >= 15 is 0 Å². The summed E-state index contributed by atoms with van der Waals surface area (Å²) in [5, 5.41) is 3.77. The molecule has 2 aromatic carbocycles. The molecule has 0 spiro atoms. The van der Waals surface area contributed by atoms with Crippen LogP contribution in [0.5, 0.6) is 5.75 Å². The van der Waals surface area contributed by atoms with E-state index < -0.39 is 10.0 Å². The molecule has 1 aliphatic rings. The highest BCUT2D eigenvalue weighted by atomic mass is 32.2. The lowest BCUT2D eigenvalue weighted by atomic mass is 10.2. The third kappa shape index (κ3) is 4.44. The molecule has 4 rings (SSSR count). The number of benzene rings is 2. The van der Waals surface area contributed by atoms with Crippen molar-refractivity contribution < 1.29 is 17.9 Å². The van der Waals surface area contributed by atoms with Crippen LogP contribution in [0.1, 0.15) is 13.3 Å². The number of rotatable bonds is 5. The number of urea groups is 1. The van der Waals surface area contributed by atoms with Crippen molar-refractivity contribution >= 4 is 32.6 Å². The summed E-state index contributed by atoms with van der Waals surface area (Å²) < 4.78 is 35.3. The Balaban J connectivity index is 1.45. The Kier molecular flexibility index (Phi) is 6.38. The van der Waals surface area contributed by atoms with Gasteiger partial charge in [0.1, 0.15) is 5.75 Å². The predicted molar refractivity (Wildman–Crippen MR) is 125 cm³/mol. The number of sulfonamides is 1. The molecule has 1 fully saturated rings. The van der Waals surface area contributed by atoms with Gasteiger partial charge < -0.3 is 19.5 Å². The minimum absolute atomic E-state index is 0.250. The Bertz CT molecular complexity index is 1220. The molecule has 8 nitrogen and oxygen atoms in total. The first-order chi connectivity index (χ1) is 15.4. The molecule has 1 saturated heterocycles. The highest BCUT2D eigenvalue weighted by molar-refractivity contribution is 7.89. The van der Waals surface area contributed by atoms with Gasteiger partial charge in [-0.3, -0.25) is 0 Å². The van der Waals surface area contributed by atoms with Crippen molar-refractivity contribution in [1.29, 1.82) is 0 Å². The molecule has 170 valence electrons. The summed E-state index contributed by atoms with van der Waals surface area (Å²) >= 11 is 0. The molecule has 0 atom stereocenters. The first kappa shape index (κ1) is 22.2. The molecule has 0 saturated carbocycles. The van der Waals surface area contributed by atoms with Crippen LogP contribution in [-0.2, 0) is 16.6 Å². The number of anilines is 1. The highest BCUT2D eigenvalue weighted by Crippen LogP contribution is 2.24. The molecular formula is C23H28N4O4S. The van der Waals surface area contributed by atoms with Gasteiger partial charge in [-0.05, 0) is 49.7 Å². The quantitative estimate of drug-likeness (QED) is 0.636. The number of methoxy groups -OCH3 is 1. The monoisotopic (exact) mass is 456 g/mol. The van der Waals surface area contributed by atoms with E-state index in [0.717, 1.165) is 17.4 Å². The van der Waals surface area contributed by atoms with Crippen LogP contribution in [-0.4, -0.2) is 61.5 Å². The highest BCUT2D eigenvalue weighted by Gasteiger charge is 2.28. The summed E-state index contributed by atoms with van der Waals surface area (Å²) in [6, 6.07) is 14.1. The summed E-state index contributed by atoms with van der Waals surface area (Å²) in [7, 11) is -2.07. The summed E-state index contributed by atoms with van der Waals surface area (Å²) in [5.41, 5.74) is 1.65. The number of hydrogen-bond donors (Lipinski definition) is 1. The fourth-order valence-corrected chi connectivity index (χ4v) is 5.51. The molecule has 2 heterocycles. The molecule has 0 unspecified atom stereocenters. The Labute approximate surface area is 188 Å². The van der Waals surface area contributed by atoms with Crippen molar-refractivity contribution in [2.45, 2.75) is 24.8 Å². The van der Waals surface area contributed by atoms with Crippen LogP contribution in [0.25, 0.3) is 10.9 Å². The molecule has 0 bridgehead atoms. The number of nitrogens with zero attached hydrogens (tertiary/aromatic N) is 3. The van der Waals surface area contributed by atoms with E-state index in [1.54, 1.807) is 48.4 Å². The molecule has 2 amide bonds. The summed E-state index contributed by atoms with van der Waals surface area (Å²) in [6.45, 7) is 4.32. The van der Waals surface area contributed by atoms with Crippen LogP contribution >= 0.6 is 0 Å². The Morgan fingerprint density at radius 1 is 1.06 bits per heavy atom. The van der Waals surface area contributed by atoms with Crippen molar-refractivity contribution in [2.75, 3.05) is 38.6 Å². The molecule has 3 aromatic rings. The lowest BCUT2D eigenvalue weighted by Gasteiger charge is -2.22. The first-order valence-electron chi connectivity index (χ1n) is 10.7.